The van der Waals surface area contributed by atoms with E-state index in [4.69, 9.17) is 5.11 Å². The van der Waals surface area contributed by atoms with E-state index in [-0.39, 0.29) is 11.5 Å². The molecular weight excluding hydrogens is 262 g/mol. The largest absolute Gasteiger partial charge is 0.477 e. The van der Waals surface area contributed by atoms with E-state index >= 15 is 0 Å². The van der Waals surface area contributed by atoms with Crippen LogP contribution in [0.5, 0.6) is 0 Å². The van der Waals surface area contributed by atoms with Gasteiger partial charge in [0.25, 0.3) is 5.91 Å². The average Bonchev–Trinajstić information content (AvgIpc) is 3.04. The van der Waals surface area contributed by atoms with Crippen molar-refractivity contribution in [1.82, 2.24) is 19.8 Å². The number of anilines is 1. The molecule has 20 heavy (non-hydrogen) atoms. The van der Waals surface area contributed by atoms with E-state index in [1.54, 1.807) is 28.9 Å². The van der Waals surface area contributed by atoms with Gasteiger partial charge in [-0.25, -0.2) is 9.31 Å². The van der Waals surface area contributed by atoms with Crippen molar-refractivity contribution >= 4 is 23.2 Å². The molecule has 0 aromatic carbocycles. The normalized spacial score (nSPS) is 10.6. The molecule has 0 aliphatic carbocycles. The maximum atomic E-state index is 12.1. The van der Waals surface area contributed by atoms with Crippen molar-refractivity contribution in [2.45, 2.75) is 0 Å². The summed E-state index contributed by atoms with van der Waals surface area (Å²) >= 11 is 0. The number of aromatic amines is 1. The second-order valence-electron chi connectivity index (χ2n) is 4.01. The lowest BCUT2D eigenvalue weighted by molar-refractivity contribution is 0.0690. The zero-order valence-electron chi connectivity index (χ0n) is 10.1. The second kappa shape index (κ2) is 4.50. The number of aromatic carboxylic acids is 1. The number of fused-ring (bicyclic) bond motifs is 1. The van der Waals surface area contributed by atoms with Crippen molar-refractivity contribution < 1.29 is 14.7 Å². The Hall–Kier alpha value is -3.16. The molecule has 100 valence electrons. The SMILES string of the molecule is O=C(O)c1cc(NC(=O)c2cnn3ccccc23)n[nH]1. The molecule has 1 amide bonds. The lowest BCUT2D eigenvalue weighted by Crippen LogP contribution is -2.11. The monoisotopic (exact) mass is 271 g/mol. The minimum absolute atomic E-state index is 0.0971. The van der Waals surface area contributed by atoms with Crippen LogP contribution in [0.15, 0.2) is 36.7 Å². The summed E-state index contributed by atoms with van der Waals surface area (Å²) in [4.78, 5) is 22.8. The van der Waals surface area contributed by atoms with Gasteiger partial charge in [0, 0.05) is 12.3 Å². The highest BCUT2D eigenvalue weighted by molar-refractivity contribution is 6.08. The number of carbonyl (C=O) groups excluding carboxylic acids is 1. The first-order valence-electron chi connectivity index (χ1n) is 5.67. The van der Waals surface area contributed by atoms with E-state index in [1.165, 1.54) is 12.3 Å². The number of aromatic nitrogens is 4. The molecule has 0 bridgehead atoms. The molecule has 3 N–H and O–H groups in total. The Morgan fingerprint density at radius 2 is 2.20 bits per heavy atom. The van der Waals surface area contributed by atoms with Crippen LogP contribution in [-0.4, -0.2) is 36.8 Å². The number of rotatable bonds is 3. The van der Waals surface area contributed by atoms with Crippen molar-refractivity contribution in [3.05, 3.63) is 47.9 Å². The van der Waals surface area contributed by atoms with Crippen LogP contribution in [0.3, 0.4) is 0 Å². The van der Waals surface area contributed by atoms with Gasteiger partial charge >= 0.3 is 5.97 Å². The number of H-pyrrole nitrogens is 1. The van der Waals surface area contributed by atoms with E-state index in [9.17, 15) is 9.59 Å². The summed E-state index contributed by atoms with van der Waals surface area (Å²) in [7, 11) is 0. The standard InChI is InChI=1S/C12H9N5O3/c18-11(14-10-5-8(12(19)20)15-16-10)7-6-13-17-4-2-1-3-9(7)17/h1-6H,(H,19,20)(H2,14,15,16,18). The Balaban J connectivity index is 1.87. The van der Waals surface area contributed by atoms with Crippen molar-refractivity contribution in [1.29, 1.82) is 0 Å². The highest BCUT2D eigenvalue weighted by atomic mass is 16.4. The van der Waals surface area contributed by atoms with E-state index in [2.05, 4.69) is 20.6 Å². The van der Waals surface area contributed by atoms with Gasteiger partial charge in [-0.1, -0.05) is 6.07 Å². The average molecular weight is 271 g/mol. The molecule has 8 nitrogen and oxygen atoms in total. The predicted octanol–water partition coefficient (Wildman–Crippen LogP) is 1.01. The summed E-state index contributed by atoms with van der Waals surface area (Å²) in [5.41, 5.74) is 0.935. The minimum Gasteiger partial charge on any atom is -0.477 e. The Bertz CT molecular complexity index is 804. The number of amides is 1. The molecular formula is C12H9N5O3. The Labute approximate surface area is 112 Å². The topological polar surface area (TPSA) is 112 Å². The van der Waals surface area contributed by atoms with Crippen LogP contribution in [-0.2, 0) is 0 Å². The summed E-state index contributed by atoms with van der Waals surface area (Å²) in [5, 5.41) is 21.3. The molecule has 3 heterocycles. The molecule has 3 aromatic heterocycles. The van der Waals surface area contributed by atoms with Gasteiger partial charge in [0.2, 0.25) is 0 Å². The minimum atomic E-state index is -1.14. The molecule has 0 aliphatic heterocycles. The summed E-state index contributed by atoms with van der Waals surface area (Å²) in [6.07, 6.45) is 3.17. The highest BCUT2D eigenvalue weighted by Gasteiger charge is 2.15. The van der Waals surface area contributed by atoms with Crippen molar-refractivity contribution in [2.24, 2.45) is 0 Å². The van der Waals surface area contributed by atoms with Gasteiger partial charge in [-0.15, -0.1) is 0 Å². The van der Waals surface area contributed by atoms with Gasteiger partial charge in [0.1, 0.15) is 5.69 Å². The van der Waals surface area contributed by atoms with E-state index in [0.29, 0.717) is 11.1 Å². The van der Waals surface area contributed by atoms with E-state index < -0.39 is 11.9 Å². The van der Waals surface area contributed by atoms with Crippen LogP contribution in [0.1, 0.15) is 20.8 Å². The number of carboxylic acid groups (broad SMARTS) is 1. The van der Waals surface area contributed by atoms with Crippen molar-refractivity contribution in [3.63, 3.8) is 0 Å². The molecule has 0 saturated carbocycles. The number of carboxylic acids is 1. The summed E-state index contributed by atoms with van der Waals surface area (Å²) in [5.74, 6) is -1.41. The number of hydrogen-bond acceptors (Lipinski definition) is 4. The summed E-state index contributed by atoms with van der Waals surface area (Å²) in [6.45, 7) is 0. The maximum Gasteiger partial charge on any atom is 0.353 e. The number of nitrogens with zero attached hydrogens (tertiary/aromatic N) is 3. The molecule has 0 spiro atoms. The Morgan fingerprint density at radius 3 is 2.95 bits per heavy atom. The fraction of sp³-hybridized carbons (Fsp3) is 0. The first kappa shape index (κ1) is 11.9. The number of nitrogens with one attached hydrogen (secondary N) is 2. The molecule has 0 atom stereocenters. The molecule has 0 aliphatic rings. The van der Waals surface area contributed by atoms with Gasteiger partial charge in [-0.3, -0.25) is 9.89 Å². The fourth-order valence-corrected chi connectivity index (χ4v) is 1.79. The smallest absolute Gasteiger partial charge is 0.353 e. The molecule has 8 heteroatoms. The summed E-state index contributed by atoms with van der Waals surface area (Å²) < 4.78 is 1.57. The number of hydrogen-bond donors (Lipinski definition) is 3. The quantitative estimate of drug-likeness (QED) is 0.658. The van der Waals surface area contributed by atoms with Crippen LogP contribution in [0.4, 0.5) is 5.82 Å². The molecule has 3 rings (SSSR count). The van der Waals surface area contributed by atoms with Gasteiger partial charge in [-0.05, 0) is 12.1 Å². The van der Waals surface area contributed by atoms with Crippen LogP contribution in [0.2, 0.25) is 0 Å². The first-order valence-corrected chi connectivity index (χ1v) is 5.67. The van der Waals surface area contributed by atoms with E-state index in [0.717, 1.165) is 0 Å². The van der Waals surface area contributed by atoms with Crippen LogP contribution >= 0.6 is 0 Å². The highest BCUT2D eigenvalue weighted by Crippen LogP contribution is 2.13. The lowest BCUT2D eigenvalue weighted by atomic mass is 10.2. The van der Waals surface area contributed by atoms with Gasteiger partial charge in [0.05, 0.1) is 17.3 Å². The van der Waals surface area contributed by atoms with E-state index in [1.807, 2.05) is 0 Å². The maximum absolute atomic E-state index is 12.1. The fourth-order valence-electron chi connectivity index (χ4n) is 1.79. The third-order valence-electron chi connectivity index (χ3n) is 2.72. The van der Waals surface area contributed by atoms with Crippen LogP contribution in [0, 0.1) is 0 Å². The molecule has 0 radical (unpaired) electrons. The molecule has 0 fully saturated rings. The summed E-state index contributed by atoms with van der Waals surface area (Å²) in [6, 6.07) is 6.60. The zero-order chi connectivity index (χ0) is 14.1. The number of pyridine rings is 1. The lowest BCUT2D eigenvalue weighted by Gasteiger charge is -1.99. The van der Waals surface area contributed by atoms with Crippen LogP contribution < -0.4 is 5.32 Å². The number of carbonyl (C=O) groups is 2. The van der Waals surface area contributed by atoms with Crippen molar-refractivity contribution in [3.8, 4) is 0 Å². The van der Waals surface area contributed by atoms with Gasteiger partial charge < -0.3 is 10.4 Å². The first-order chi connectivity index (χ1) is 9.65. The second-order valence-corrected chi connectivity index (χ2v) is 4.01. The third kappa shape index (κ3) is 1.99. The predicted molar refractivity (Wildman–Crippen MR) is 68.7 cm³/mol. The zero-order valence-corrected chi connectivity index (χ0v) is 10.1. The Kier molecular flexibility index (Phi) is 2.68. The molecule has 0 saturated heterocycles. The van der Waals surface area contributed by atoms with Crippen LogP contribution in [0.25, 0.3) is 5.52 Å². The van der Waals surface area contributed by atoms with Gasteiger partial charge in [-0.2, -0.15) is 10.2 Å². The van der Waals surface area contributed by atoms with Gasteiger partial charge in [0.15, 0.2) is 5.82 Å². The molecule has 3 aromatic rings. The molecule has 0 unspecified atom stereocenters. The third-order valence-corrected chi connectivity index (χ3v) is 2.72. The Morgan fingerprint density at radius 1 is 1.35 bits per heavy atom. The van der Waals surface area contributed by atoms with Crippen molar-refractivity contribution in [2.75, 3.05) is 5.32 Å².